The number of aldehydes is 4. The molecule has 0 aliphatic heterocycles. The minimum Gasteiger partial charge on any atom is -0.298 e. The summed E-state index contributed by atoms with van der Waals surface area (Å²) < 4.78 is 0. The monoisotopic (exact) mass is 646 g/mol. The molecule has 7 aromatic carbocycles. The zero-order valence-corrected chi connectivity index (χ0v) is 27.0. The van der Waals surface area contributed by atoms with E-state index in [1.807, 2.05) is 133 Å². The summed E-state index contributed by atoms with van der Waals surface area (Å²) >= 11 is 0. The number of benzene rings is 7. The molecule has 0 aliphatic carbocycles. The zero-order chi connectivity index (χ0) is 34.5. The van der Waals surface area contributed by atoms with Crippen LogP contribution >= 0.6 is 0 Å². The molecule has 0 saturated carbocycles. The molecule has 50 heavy (non-hydrogen) atoms. The van der Waals surface area contributed by atoms with Gasteiger partial charge in [-0.2, -0.15) is 0 Å². The Labute approximate surface area is 290 Å². The highest BCUT2D eigenvalue weighted by Gasteiger charge is 2.29. The summed E-state index contributed by atoms with van der Waals surface area (Å²) in [4.78, 5) is 47.2. The van der Waals surface area contributed by atoms with Gasteiger partial charge in [0.05, 0.1) is 0 Å². The highest BCUT2D eigenvalue weighted by atomic mass is 16.1. The van der Waals surface area contributed by atoms with Crippen molar-refractivity contribution in [1.82, 2.24) is 0 Å². The molecule has 7 aromatic rings. The summed E-state index contributed by atoms with van der Waals surface area (Å²) in [6.07, 6.45) is 3.34. The molecule has 0 amide bonds. The molecule has 0 unspecified atom stereocenters. The van der Waals surface area contributed by atoms with Gasteiger partial charge in [0.2, 0.25) is 0 Å². The van der Waals surface area contributed by atoms with Gasteiger partial charge in [0, 0.05) is 22.3 Å². The molecule has 0 bridgehead atoms. The normalized spacial score (nSPS) is 10.7. The second kappa shape index (κ2) is 14.1. The minimum absolute atomic E-state index is 0.562. The maximum atomic E-state index is 11.8. The summed E-state index contributed by atoms with van der Waals surface area (Å²) in [6, 6.07) is 50.7. The smallest absolute Gasteiger partial charge is 0.150 e. The van der Waals surface area contributed by atoms with Crippen LogP contribution in [0.3, 0.4) is 0 Å². The first-order valence-electron chi connectivity index (χ1n) is 16.2. The van der Waals surface area contributed by atoms with E-state index in [4.69, 9.17) is 0 Å². The van der Waals surface area contributed by atoms with Crippen LogP contribution in [0.5, 0.6) is 0 Å². The van der Waals surface area contributed by atoms with Crippen molar-refractivity contribution in [2.45, 2.75) is 0 Å². The van der Waals surface area contributed by atoms with Crippen molar-refractivity contribution in [3.05, 3.63) is 180 Å². The molecule has 0 aliphatic rings. The Bertz CT molecular complexity index is 2020. The van der Waals surface area contributed by atoms with Crippen LogP contribution < -0.4 is 0 Å². The van der Waals surface area contributed by atoms with Crippen molar-refractivity contribution in [2.75, 3.05) is 0 Å². The standard InChI is InChI=1S/C46H30O4/c47-27-31-11-19-37(20-12-31)43-41(35-7-3-1-4-8-35)44(38-21-13-32(28-48)14-22-38)46(40-25-17-34(30-50)18-26-40)42(36-9-5-2-6-10-36)45(43)39-23-15-33(29-49)16-24-39/h1-30H. The van der Waals surface area contributed by atoms with Gasteiger partial charge >= 0.3 is 0 Å². The van der Waals surface area contributed by atoms with E-state index in [0.29, 0.717) is 22.3 Å². The molecule has 238 valence electrons. The third-order valence-electron chi connectivity index (χ3n) is 8.97. The number of hydrogen-bond donors (Lipinski definition) is 0. The van der Waals surface area contributed by atoms with Crippen molar-refractivity contribution in [2.24, 2.45) is 0 Å². The average Bonchev–Trinajstić information content (AvgIpc) is 3.20. The number of carbonyl (C=O) groups is 4. The Balaban J connectivity index is 1.79. The fraction of sp³-hybridized carbons (Fsp3) is 0. The van der Waals surface area contributed by atoms with Gasteiger partial charge in [-0.1, -0.05) is 158 Å². The number of hydrogen-bond acceptors (Lipinski definition) is 4. The van der Waals surface area contributed by atoms with Crippen molar-refractivity contribution in [3.63, 3.8) is 0 Å². The summed E-state index contributed by atoms with van der Waals surface area (Å²) in [7, 11) is 0. The van der Waals surface area contributed by atoms with E-state index < -0.39 is 0 Å². The lowest BCUT2D eigenvalue weighted by molar-refractivity contribution is 0.111. The van der Waals surface area contributed by atoms with Crippen LogP contribution in [0, 0.1) is 0 Å². The highest BCUT2D eigenvalue weighted by molar-refractivity contribution is 6.15. The second-order valence-electron chi connectivity index (χ2n) is 11.9. The number of rotatable bonds is 10. The van der Waals surface area contributed by atoms with E-state index in [0.717, 1.165) is 91.9 Å². The maximum Gasteiger partial charge on any atom is 0.150 e. The molecular weight excluding hydrogens is 617 g/mol. The fourth-order valence-corrected chi connectivity index (χ4v) is 6.61. The average molecular weight is 647 g/mol. The number of carbonyl (C=O) groups excluding carboxylic acids is 4. The largest absolute Gasteiger partial charge is 0.298 e. The summed E-state index contributed by atoms with van der Waals surface area (Å²) in [6.45, 7) is 0. The van der Waals surface area contributed by atoms with Gasteiger partial charge in [0.15, 0.2) is 0 Å². The molecule has 0 N–H and O–H groups in total. The van der Waals surface area contributed by atoms with Crippen LogP contribution in [-0.4, -0.2) is 25.1 Å². The van der Waals surface area contributed by atoms with E-state index in [9.17, 15) is 19.2 Å². The van der Waals surface area contributed by atoms with Gasteiger partial charge in [0.1, 0.15) is 25.1 Å². The zero-order valence-electron chi connectivity index (χ0n) is 27.0. The molecule has 0 fully saturated rings. The molecule has 0 spiro atoms. The molecule has 0 radical (unpaired) electrons. The predicted molar refractivity (Wildman–Crippen MR) is 201 cm³/mol. The van der Waals surface area contributed by atoms with Crippen LogP contribution in [0.1, 0.15) is 41.4 Å². The van der Waals surface area contributed by atoms with Crippen molar-refractivity contribution < 1.29 is 19.2 Å². The van der Waals surface area contributed by atoms with Gasteiger partial charge < -0.3 is 0 Å². The first-order valence-corrected chi connectivity index (χ1v) is 16.2. The van der Waals surface area contributed by atoms with E-state index in [2.05, 4.69) is 24.3 Å². The molecule has 0 aromatic heterocycles. The quantitative estimate of drug-likeness (QED) is 0.139. The van der Waals surface area contributed by atoms with E-state index in [1.54, 1.807) is 0 Å². The molecule has 4 nitrogen and oxygen atoms in total. The van der Waals surface area contributed by atoms with E-state index in [1.165, 1.54) is 0 Å². The lowest BCUT2D eigenvalue weighted by Gasteiger charge is -2.29. The molecule has 4 heteroatoms. The SMILES string of the molecule is O=Cc1ccc(-c2c(-c3ccccc3)c(-c3ccc(C=O)cc3)c(-c3ccc(C=O)cc3)c(-c3ccccc3)c2-c2ccc(C=O)cc2)cc1. The highest BCUT2D eigenvalue weighted by Crippen LogP contribution is 2.55. The fourth-order valence-electron chi connectivity index (χ4n) is 6.61. The van der Waals surface area contributed by atoms with Crippen molar-refractivity contribution >= 4 is 25.1 Å². The minimum atomic E-state index is 0.562. The third kappa shape index (κ3) is 6.02. The van der Waals surface area contributed by atoms with Gasteiger partial charge in [-0.3, -0.25) is 19.2 Å². The third-order valence-corrected chi connectivity index (χ3v) is 8.97. The van der Waals surface area contributed by atoms with Crippen molar-refractivity contribution in [3.8, 4) is 66.8 Å². The van der Waals surface area contributed by atoms with Crippen LogP contribution in [0.2, 0.25) is 0 Å². The summed E-state index contributed by atoms with van der Waals surface area (Å²) in [5, 5.41) is 0. The summed E-state index contributed by atoms with van der Waals surface area (Å²) in [5.41, 5.74) is 13.4. The molecule has 0 atom stereocenters. The van der Waals surface area contributed by atoms with Crippen LogP contribution in [0.4, 0.5) is 0 Å². The van der Waals surface area contributed by atoms with Crippen LogP contribution in [0.15, 0.2) is 158 Å². The van der Waals surface area contributed by atoms with Crippen LogP contribution in [0.25, 0.3) is 66.8 Å². The maximum absolute atomic E-state index is 11.8. The Morgan fingerprint density at radius 1 is 0.220 bits per heavy atom. The summed E-state index contributed by atoms with van der Waals surface area (Å²) in [5.74, 6) is 0. The van der Waals surface area contributed by atoms with Gasteiger partial charge in [-0.25, -0.2) is 0 Å². The lowest BCUT2D eigenvalue weighted by atomic mass is 9.74. The topological polar surface area (TPSA) is 68.3 Å². The van der Waals surface area contributed by atoms with E-state index >= 15 is 0 Å². The first kappa shape index (κ1) is 31.8. The second-order valence-corrected chi connectivity index (χ2v) is 11.9. The van der Waals surface area contributed by atoms with Gasteiger partial charge in [0.25, 0.3) is 0 Å². The molecular formula is C46H30O4. The Morgan fingerprint density at radius 3 is 0.580 bits per heavy atom. The van der Waals surface area contributed by atoms with E-state index in [-0.39, 0.29) is 0 Å². The Hall–Kier alpha value is -6.78. The molecule has 0 saturated heterocycles. The predicted octanol–water partition coefficient (Wildman–Crippen LogP) is 10.9. The Kier molecular flexibility index (Phi) is 8.99. The van der Waals surface area contributed by atoms with Gasteiger partial charge in [-0.05, 0) is 66.8 Å². The van der Waals surface area contributed by atoms with Crippen LogP contribution in [-0.2, 0) is 0 Å². The molecule has 7 rings (SSSR count). The first-order chi connectivity index (χ1) is 24.6. The lowest BCUT2D eigenvalue weighted by Crippen LogP contribution is -2.02. The van der Waals surface area contributed by atoms with Gasteiger partial charge in [-0.15, -0.1) is 0 Å². The molecule has 0 heterocycles. The Morgan fingerprint density at radius 2 is 0.400 bits per heavy atom. The van der Waals surface area contributed by atoms with Crippen molar-refractivity contribution in [1.29, 1.82) is 0 Å².